The maximum absolute atomic E-state index is 11.0. The molecule has 1 aromatic rings. The summed E-state index contributed by atoms with van der Waals surface area (Å²) in [5.74, 6) is 0.891. The smallest absolute Gasteiger partial charge is 0.193 e. The van der Waals surface area contributed by atoms with Crippen molar-refractivity contribution in [2.75, 3.05) is 65.0 Å². The SMILES string of the molecule is CN=C(NCCOCCS(C)(=O)=O)N1CCN(Cc2ccon2)CC1.I. The van der Waals surface area contributed by atoms with E-state index in [4.69, 9.17) is 9.26 Å². The average molecular weight is 501 g/mol. The molecule has 26 heavy (non-hydrogen) atoms. The molecule has 1 saturated heterocycles. The number of hydrogen-bond donors (Lipinski definition) is 1. The Morgan fingerprint density at radius 1 is 1.35 bits per heavy atom. The number of halogens is 1. The molecule has 2 heterocycles. The van der Waals surface area contributed by atoms with Crippen LogP contribution in [0.4, 0.5) is 0 Å². The lowest BCUT2D eigenvalue weighted by molar-refractivity contribution is 0.149. The van der Waals surface area contributed by atoms with E-state index in [9.17, 15) is 8.42 Å². The lowest BCUT2D eigenvalue weighted by Crippen LogP contribution is -2.52. The van der Waals surface area contributed by atoms with Gasteiger partial charge in [-0.3, -0.25) is 9.89 Å². The summed E-state index contributed by atoms with van der Waals surface area (Å²) in [5.41, 5.74) is 0.946. The van der Waals surface area contributed by atoms with E-state index in [1.807, 2.05) is 6.07 Å². The molecular weight excluding hydrogens is 473 g/mol. The van der Waals surface area contributed by atoms with Crippen LogP contribution in [0.15, 0.2) is 21.8 Å². The number of guanidine groups is 1. The van der Waals surface area contributed by atoms with Crippen LogP contribution in [0.2, 0.25) is 0 Å². The third-order valence-corrected chi connectivity index (χ3v) is 4.80. The monoisotopic (exact) mass is 501 g/mol. The van der Waals surface area contributed by atoms with E-state index in [1.54, 1.807) is 13.3 Å². The summed E-state index contributed by atoms with van der Waals surface area (Å²) in [7, 11) is -1.21. The molecule has 0 atom stereocenters. The largest absolute Gasteiger partial charge is 0.379 e. The minimum atomic E-state index is -2.97. The van der Waals surface area contributed by atoms with Crippen LogP contribution in [0.5, 0.6) is 0 Å². The number of aliphatic imine (C=N–C) groups is 1. The molecule has 0 unspecified atom stereocenters. The molecule has 1 aliphatic heterocycles. The van der Waals surface area contributed by atoms with Crippen molar-refractivity contribution in [1.82, 2.24) is 20.3 Å². The molecule has 0 saturated carbocycles. The number of sulfone groups is 1. The normalized spacial score (nSPS) is 16.4. The van der Waals surface area contributed by atoms with Crippen molar-refractivity contribution in [3.63, 3.8) is 0 Å². The molecule has 0 aliphatic carbocycles. The van der Waals surface area contributed by atoms with E-state index in [1.165, 1.54) is 6.26 Å². The molecule has 11 heteroatoms. The van der Waals surface area contributed by atoms with Gasteiger partial charge in [0.2, 0.25) is 0 Å². The van der Waals surface area contributed by atoms with E-state index >= 15 is 0 Å². The second-order valence-electron chi connectivity index (χ2n) is 5.97. The first-order valence-electron chi connectivity index (χ1n) is 8.30. The van der Waals surface area contributed by atoms with Gasteiger partial charge in [-0.05, 0) is 0 Å². The van der Waals surface area contributed by atoms with Gasteiger partial charge in [-0.1, -0.05) is 5.16 Å². The van der Waals surface area contributed by atoms with Crippen LogP contribution >= 0.6 is 24.0 Å². The first-order valence-corrected chi connectivity index (χ1v) is 10.4. The number of nitrogens with zero attached hydrogens (tertiary/aromatic N) is 4. The van der Waals surface area contributed by atoms with Gasteiger partial charge in [-0.2, -0.15) is 0 Å². The predicted molar refractivity (Wildman–Crippen MR) is 111 cm³/mol. The number of aromatic nitrogens is 1. The molecule has 0 amide bonds. The molecule has 1 aromatic heterocycles. The van der Waals surface area contributed by atoms with E-state index in [0.717, 1.165) is 44.4 Å². The molecule has 1 fully saturated rings. The van der Waals surface area contributed by atoms with Gasteiger partial charge in [0.15, 0.2) is 5.96 Å². The lowest BCUT2D eigenvalue weighted by Gasteiger charge is -2.36. The number of hydrogen-bond acceptors (Lipinski definition) is 7. The lowest BCUT2D eigenvalue weighted by atomic mass is 10.3. The average Bonchev–Trinajstić information content (AvgIpc) is 3.07. The van der Waals surface area contributed by atoms with Crippen LogP contribution in [0.25, 0.3) is 0 Å². The first-order chi connectivity index (χ1) is 12.0. The molecule has 1 aliphatic rings. The van der Waals surface area contributed by atoms with Crippen molar-refractivity contribution >= 4 is 39.8 Å². The Morgan fingerprint density at radius 3 is 2.65 bits per heavy atom. The fraction of sp³-hybridized carbons (Fsp3) is 0.733. The van der Waals surface area contributed by atoms with Crippen molar-refractivity contribution in [1.29, 1.82) is 0 Å². The summed E-state index contributed by atoms with van der Waals surface area (Å²) in [6.07, 6.45) is 2.80. The van der Waals surface area contributed by atoms with Crippen molar-refractivity contribution in [2.45, 2.75) is 6.54 Å². The summed E-state index contributed by atoms with van der Waals surface area (Å²) in [6, 6.07) is 1.89. The molecule has 150 valence electrons. The minimum Gasteiger partial charge on any atom is -0.379 e. The van der Waals surface area contributed by atoms with E-state index in [2.05, 4.69) is 25.3 Å². The van der Waals surface area contributed by atoms with Crippen molar-refractivity contribution in [2.24, 2.45) is 4.99 Å². The van der Waals surface area contributed by atoms with Gasteiger partial charge in [-0.15, -0.1) is 24.0 Å². The van der Waals surface area contributed by atoms with Crippen LogP contribution in [-0.2, 0) is 21.1 Å². The zero-order valence-electron chi connectivity index (χ0n) is 15.3. The molecule has 0 aromatic carbocycles. The maximum atomic E-state index is 11.0. The molecule has 0 radical (unpaired) electrons. The maximum Gasteiger partial charge on any atom is 0.193 e. The summed E-state index contributed by atoms with van der Waals surface area (Å²) in [4.78, 5) is 8.84. The van der Waals surface area contributed by atoms with E-state index in [0.29, 0.717) is 13.2 Å². The van der Waals surface area contributed by atoms with E-state index in [-0.39, 0.29) is 36.3 Å². The summed E-state index contributed by atoms with van der Waals surface area (Å²) >= 11 is 0. The number of ether oxygens (including phenoxy) is 1. The van der Waals surface area contributed by atoms with Gasteiger partial charge in [-0.25, -0.2) is 8.42 Å². The number of rotatable bonds is 8. The second kappa shape index (κ2) is 11.7. The predicted octanol–water partition coefficient (Wildman–Crippen LogP) is 0.0468. The Labute approximate surface area is 172 Å². The Morgan fingerprint density at radius 2 is 2.08 bits per heavy atom. The highest BCUT2D eigenvalue weighted by Crippen LogP contribution is 2.07. The third kappa shape index (κ3) is 8.64. The van der Waals surface area contributed by atoms with Crippen LogP contribution in [0, 0.1) is 0 Å². The van der Waals surface area contributed by atoms with Crippen LogP contribution in [-0.4, -0.2) is 94.3 Å². The fourth-order valence-corrected chi connectivity index (χ4v) is 2.97. The van der Waals surface area contributed by atoms with Gasteiger partial charge in [0.25, 0.3) is 0 Å². The Kier molecular flexibility index (Phi) is 10.4. The zero-order valence-corrected chi connectivity index (χ0v) is 18.4. The standard InChI is InChI=1S/C15H27N5O4S.HI/c1-16-15(17-4-10-23-11-12-25(2,21)22)20-7-5-19(6-8-20)13-14-3-9-24-18-14;/h3,9H,4-8,10-13H2,1-2H3,(H,16,17);1H. The fourth-order valence-electron chi connectivity index (χ4n) is 2.55. The van der Waals surface area contributed by atoms with Crippen molar-refractivity contribution in [3.8, 4) is 0 Å². The van der Waals surface area contributed by atoms with Gasteiger partial charge in [0.05, 0.1) is 24.7 Å². The topological polar surface area (TPSA) is 100 Å². The quantitative estimate of drug-likeness (QED) is 0.231. The van der Waals surface area contributed by atoms with Gasteiger partial charge in [0.1, 0.15) is 16.1 Å². The molecule has 9 nitrogen and oxygen atoms in total. The highest BCUT2D eigenvalue weighted by atomic mass is 127. The molecule has 1 N–H and O–H groups in total. The highest BCUT2D eigenvalue weighted by molar-refractivity contribution is 14.0. The highest BCUT2D eigenvalue weighted by Gasteiger charge is 2.20. The van der Waals surface area contributed by atoms with E-state index < -0.39 is 9.84 Å². The number of nitrogens with one attached hydrogen (secondary N) is 1. The Balaban J connectivity index is 0.00000338. The van der Waals surface area contributed by atoms with Gasteiger partial charge >= 0.3 is 0 Å². The van der Waals surface area contributed by atoms with Gasteiger partial charge in [0, 0.05) is 58.6 Å². The second-order valence-corrected chi connectivity index (χ2v) is 8.23. The Bertz CT molecular complexity index is 630. The zero-order chi connectivity index (χ0) is 18.1. The van der Waals surface area contributed by atoms with Crippen LogP contribution in [0.3, 0.4) is 0 Å². The molecular formula is C15H28IN5O4S. The molecule has 0 bridgehead atoms. The minimum absolute atomic E-state index is 0. The summed E-state index contributed by atoms with van der Waals surface area (Å²) < 4.78 is 32.2. The van der Waals surface area contributed by atoms with Crippen molar-refractivity contribution < 1.29 is 17.7 Å². The van der Waals surface area contributed by atoms with Crippen LogP contribution < -0.4 is 5.32 Å². The molecule has 2 rings (SSSR count). The summed E-state index contributed by atoms with van der Waals surface area (Å²) in [5, 5.41) is 7.20. The Hall–Kier alpha value is -0.920. The first kappa shape index (κ1) is 23.1. The molecule has 0 spiro atoms. The number of piperazine rings is 1. The summed E-state index contributed by atoms with van der Waals surface area (Å²) in [6.45, 7) is 5.68. The third-order valence-electron chi connectivity index (χ3n) is 3.89. The van der Waals surface area contributed by atoms with Gasteiger partial charge < -0.3 is 19.5 Å². The van der Waals surface area contributed by atoms with Crippen molar-refractivity contribution in [3.05, 3.63) is 18.0 Å². The van der Waals surface area contributed by atoms with Crippen LogP contribution in [0.1, 0.15) is 5.69 Å².